The highest BCUT2D eigenvalue weighted by atomic mass is 15.1. The minimum absolute atomic E-state index is 0.0895. The highest BCUT2D eigenvalue weighted by molar-refractivity contribution is 6.00. The molecule has 0 heterocycles. The van der Waals surface area contributed by atoms with Crippen molar-refractivity contribution >= 4 is 17.1 Å². The van der Waals surface area contributed by atoms with Crippen LogP contribution in [0.4, 0.5) is 17.1 Å². The number of rotatable bonds is 5. The number of hydrogen-bond acceptors (Lipinski definition) is 1. The van der Waals surface area contributed by atoms with E-state index in [0.717, 1.165) is 0 Å². The lowest BCUT2D eigenvalue weighted by Gasteiger charge is -2.32. The van der Waals surface area contributed by atoms with Gasteiger partial charge in [0, 0.05) is 33.1 Å². The zero-order valence-corrected chi connectivity index (χ0v) is 35.0. The van der Waals surface area contributed by atoms with Crippen molar-refractivity contribution < 1.29 is 0 Å². The Hall–Kier alpha value is -6.44. The smallest absolute Gasteiger partial charge is 0.0540 e. The van der Waals surface area contributed by atoms with Crippen molar-refractivity contribution in [3.05, 3.63) is 209 Å². The standard InChI is InChI=1S/C59H49N/c1-57(2)49-25-11-7-22-46(49)56-45(23-17-27-52(56)57)44-21-9-14-29-55(44)60(39-31-33-51-47(37-39)42-20-6-12-26-50(42)59(51)34-15-16-35-59)54-28-13-8-18-40(54)38-30-32-43-41-19-5-10-24-48(41)58(3,4)53(43)36-38/h5-14,17-33,36-37H,15-16,34-35H2,1-4H3. The third kappa shape index (κ3) is 4.81. The van der Waals surface area contributed by atoms with Crippen molar-refractivity contribution in [2.75, 3.05) is 4.90 Å². The first-order chi connectivity index (χ1) is 29.3. The van der Waals surface area contributed by atoms with Gasteiger partial charge in [-0.25, -0.2) is 0 Å². The molecule has 0 saturated heterocycles. The van der Waals surface area contributed by atoms with Crippen LogP contribution < -0.4 is 4.90 Å². The van der Waals surface area contributed by atoms with E-state index in [2.05, 4.69) is 209 Å². The summed E-state index contributed by atoms with van der Waals surface area (Å²) in [5.74, 6) is 0. The average molecular weight is 772 g/mol. The van der Waals surface area contributed by atoms with Gasteiger partial charge in [0.2, 0.25) is 0 Å². The summed E-state index contributed by atoms with van der Waals surface area (Å²) in [6.07, 6.45) is 5.02. The first-order valence-corrected chi connectivity index (χ1v) is 22.0. The molecule has 0 N–H and O–H groups in total. The maximum absolute atomic E-state index is 2.58. The van der Waals surface area contributed by atoms with Gasteiger partial charge in [-0.1, -0.05) is 186 Å². The summed E-state index contributed by atoms with van der Waals surface area (Å²) in [6, 6.07) is 67.1. The van der Waals surface area contributed by atoms with Crippen molar-refractivity contribution in [3.8, 4) is 55.6 Å². The molecular formula is C59H49N. The zero-order valence-electron chi connectivity index (χ0n) is 35.0. The molecule has 1 spiro atoms. The Balaban J connectivity index is 1.11. The van der Waals surface area contributed by atoms with Crippen LogP contribution in [0.3, 0.4) is 0 Å². The summed E-state index contributed by atoms with van der Waals surface area (Å²) in [6.45, 7) is 9.53. The lowest BCUT2D eigenvalue weighted by atomic mass is 9.77. The van der Waals surface area contributed by atoms with Crippen LogP contribution in [0.25, 0.3) is 55.6 Å². The molecular weight excluding hydrogens is 723 g/mol. The SMILES string of the molecule is CC1(C)c2ccccc2-c2ccc(-c3ccccc3N(c3ccc4c(c3)-c3ccccc3C43CCCC3)c3ccccc3-c3cccc4c3-c3ccccc3C4(C)C)cc21. The van der Waals surface area contributed by atoms with Crippen molar-refractivity contribution in [1.82, 2.24) is 0 Å². The monoisotopic (exact) mass is 771 g/mol. The Labute approximate surface area is 355 Å². The summed E-state index contributed by atoms with van der Waals surface area (Å²) in [5.41, 5.74) is 25.2. The second-order valence-corrected chi connectivity index (χ2v) is 18.8. The second-order valence-electron chi connectivity index (χ2n) is 18.8. The molecule has 4 aliphatic rings. The third-order valence-corrected chi connectivity index (χ3v) is 15.0. The topological polar surface area (TPSA) is 3.24 Å². The summed E-state index contributed by atoms with van der Waals surface area (Å²) in [5, 5.41) is 0. The van der Waals surface area contributed by atoms with Crippen LogP contribution in [-0.2, 0) is 16.2 Å². The molecule has 60 heavy (non-hydrogen) atoms. The minimum atomic E-state index is -0.0928. The fourth-order valence-electron chi connectivity index (χ4n) is 12.2. The Morgan fingerprint density at radius 2 is 0.850 bits per heavy atom. The number of benzene rings is 8. The molecule has 0 amide bonds. The summed E-state index contributed by atoms with van der Waals surface area (Å²) < 4.78 is 0. The molecule has 0 radical (unpaired) electrons. The Morgan fingerprint density at radius 1 is 0.350 bits per heavy atom. The minimum Gasteiger partial charge on any atom is -0.309 e. The Kier molecular flexibility index (Phi) is 7.56. The van der Waals surface area contributed by atoms with E-state index in [9.17, 15) is 0 Å². The number of nitrogens with zero attached hydrogens (tertiary/aromatic N) is 1. The molecule has 0 aromatic heterocycles. The van der Waals surface area contributed by atoms with Gasteiger partial charge in [0.15, 0.2) is 0 Å². The molecule has 290 valence electrons. The first kappa shape index (κ1) is 35.5. The highest BCUT2D eigenvalue weighted by Gasteiger charge is 2.45. The third-order valence-electron chi connectivity index (χ3n) is 15.0. The van der Waals surface area contributed by atoms with Crippen LogP contribution in [0, 0.1) is 0 Å². The predicted octanol–water partition coefficient (Wildman–Crippen LogP) is 15.9. The Bertz CT molecular complexity index is 3060. The Morgan fingerprint density at radius 3 is 1.58 bits per heavy atom. The molecule has 0 unspecified atom stereocenters. The molecule has 1 heteroatoms. The molecule has 1 nitrogen and oxygen atoms in total. The van der Waals surface area contributed by atoms with E-state index in [1.54, 1.807) is 0 Å². The average Bonchev–Trinajstić information content (AvgIpc) is 4.01. The van der Waals surface area contributed by atoms with Crippen molar-refractivity contribution in [2.24, 2.45) is 0 Å². The van der Waals surface area contributed by atoms with Crippen molar-refractivity contribution in [1.29, 1.82) is 0 Å². The number of para-hydroxylation sites is 2. The highest BCUT2D eigenvalue weighted by Crippen LogP contribution is 2.59. The van der Waals surface area contributed by atoms with Crippen molar-refractivity contribution in [2.45, 2.75) is 69.6 Å². The molecule has 0 bridgehead atoms. The van der Waals surface area contributed by atoms with Crippen LogP contribution in [0.2, 0.25) is 0 Å². The van der Waals surface area contributed by atoms with Gasteiger partial charge in [-0.3, -0.25) is 0 Å². The van der Waals surface area contributed by atoms with E-state index in [4.69, 9.17) is 0 Å². The lowest BCUT2D eigenvalue weighted by Crippen LogP contribution is -2.20. The number of anilines is 3. The van der Waals surface area contributed by atoms with Crippen LogP contribution in [0.1, 0.15) is 86.8 Å². The van der Waals surface area contributed by atoms with E-state index in [1.165, 1.54) is 132 Å². The van der Waals surface area contributed by atoms with Crippen LogP contribution in [0.15, 0.2) is 176 Å². The molecule has 1 fully saturated rings. The van der Waals surface area contributed by atoms with Crippen LogP contribution in [-0.4, -0.2) is 0 Å². The molecule has 8 aromatic rings. The predicted molar refractivity (Wildman–Crippen MR) is 252 cm³/mol. The quantitative estimate of drug-likeness (QED) is 0.168. The number of fused-ring (bicyclic) bond motifs is 11. The molecule has 0 atom stereocenters. The second kappa shape index (κ2) is 12.8. The van der Waals surface area contributed by atoms with Gasteiger partial charge in [-0.15, -0.1) is 0 Å². The van der Waals surface area contributed by atoms with E-state index in [0.29, 0.717) is 0 Å². The van der Waals surface area contributed by atoms with E-state index < -0.39 is 0 Å². The fraction of sp³-hybridized carbons (Fsp3) is 0.186. The fourth-order valence-corrected chi connectivity index (χ4v) is 12.2. The van der Waals surface area contributed by atoms with Gasteiger partial charge in [-0.2, -0.15) is 0 Å². The van der Waals surface area contributed by atoms with Gasteiger partial charge >= 0.3 is 0 Å². The van der Waals surface area contributed by atoms with E-state index in [-0.39, 0.29) is 16.2 Å². The van der Waals surface area contributed by atoms with Gasteiger partial charge < -0.3 is 4.90 Å². The zero-order chi connectivity index (χ0) is 40.4. The molecule has 12 rings (SSSR count). The number of hydrogen-bond donors (Lipinski definition) is 0. The lowest BCUT2D eigenvalue weighted by molar-refractivity contribution is 0.550. The summed E-state index contributed by atoms with van der Waals surface area (Å²) >= 11 is 0. The van der Waals surface area contributed by atoms with Gasteiger partial charge in [-0.05, 0) is 121 Å². The van der Waals surface area contributed by atoms with Crippen LogP contribution in [0.5, 0.6) is 0 Å². The molecule has 1 saturated carbocycles. The first-order valence-electron chi connectivity index (χ1n) is 22.0. The normalized spacial score (nSPS) is 16.5. The van der Waals surface area contributed by atoms with Gasteiger partial charge in [0.1, 0.15) is 0 Å². The summed E-state index contributed by atoms with van der Waals surface area (Å²) in [4.78, 5) is 2.58. The van der Waals surface area contributed by atoms with Crippen LogP contribution >= 0.6 is 0 Å². The maximum atomic E-state index is 2.58. The van der Waals surface area contributed by atoms with E-state index >= 15 is 0 Å². The largest absolute Gasteiger partial charge is 0.309 e. The van der Waals surface area contributed by atoms with Gasteiger partial charge in [0.25, 0.3) is 0 Å². The molecule has 4 aliphatic carbocycles. The van der Waals surface area contributed by atoms with Gasteiger partial charge in [0.05, 0.1) is 11.4 Å². The molecule has 0 aliphatic heterocycles. The molecule has 8 aromatic carbocycles. The van der Waals surface area contributed by atoms with E-state index in [1.807, 2.05) is 0 Å². The summed E-state index contributed by atoms with van der Waals surface area (Å²) in [7, 11) is 0. The maximum Gasteiger partial charge on any atom is 0.0540 e. The van der Waals surface area contributed by atoms with Crippen molar-refractivity contribution in [3.63, 3.8) is 0 Å².